The number of halogens is 1. The van der Waals surface area contributed by atoms with Gasteiger partial charge >= 0.3 is 0 Å². The maximum Gasteiger partial charge on any atom is 0.170 e. The van der Waals surface area contributed by atoms with E-state index in [0.717, 1.165) is 0 Å². The van der Waals surface area contributed by atoms with Crippen LogP contribution in [0.5, 0.6) is 0 Å². The van der Waals surface area contributed by atoms with E-state index >= 15 is 0 Å². The number of furan rings is 1. The van der Waals surface area contributed by atoms with Crippen LogP contribution in [-0.2, 0) is 6.42 Å². The van der Waals surface area contributed by atoms with E-state index in [0.29, 0.717) is 22.0 Å². The van der Waals surface area contributed by atoms with Gasteiger partial charge in [-0.25, -0.2) is 0 Å². The van der Waals surface area contributed by atoms with Gasteiger partial charge in [-0.05, 0) is 30.3 Å². The molecule has 0 saturated carbocycles. The Balaban J connectivity index is 2.18. The Hall–Kier alpha value is -1.74. The number of nitrogen functional groups attached to an aromatic ring is 1. The predicted octanol–water partition coefficient (Wildman–Crippen LogP) is 2.94. The third kappa shape index (κ3) is 2.25. The van der Waals surface area contributed by atoms with Crippen molar-refractivity contribution in [2.75, 3.05) is 5.73 Å². The van der Waals surface area contributed by atoms with Crippen LogP contribution in [0.25, 0.3) is 0 Å². The van der Waals surface area contributed by atoms with Gasteiger partial charge in [-0.3, -0.25) is 4.79 Å². The Morgan fingerprint density at radius 1 is 1.38 bits per heavy atom. The quantitative estimate of drug-likeness (QED) is 0.657. The summed E-state index contributed by atoms with van der Waals surface area (Å²) in [6, 6.07) is 8.36. The van der Waals surface area contributed by atoms with Crippen LogP contribution in [0, 0.1) is 0 Å². The van der Waals surface area contributed by atoms with Crippen molar-refractivity contribution in [2.45, 2.75) is 6.42 Å². The van der Waals surface area contributed by atoms with Crippen molar-refractivity contribution in [3.8, 4) is 0 Å². The summed E-state index contributed by atoms with van der Waals surface area (Å²) in [6.07, 6.45) is 1.77. The lowest BCUT2D eigenvalue weighted by Crippen LogP contribution is -2.03. The molecule has 0 bridgehead atoms. The summed E-state index contributed by atoms with van der Waals surface area (Å²) in [7, 11) is 0. The van der Waals surface area contributed by atoms with E-state index in [4.69, 9.17) is 21.8 Å². The van der Waals surface area contributed by atoms with Crippen molar-refractivity contribution >= 4 is 23.1 Å². The van der Waals surface area contributed by atoms with Gasteiger partial charge in [-0.2, -0.15) is 0 Å². The van der Waals surface area contributed by atoms with Gasteiger partial charge < -0.3 is 10.2 Å². The van der Waals surface area contributed by atoms with E-state index < -0.39 is 0 Å². The van der Waals surface area contributed by atoms with Crippen molar-refractivity contribution in [3.63, 3.8) is 0 Å². The van der Waals surface area contributed by atoms with Gasteiger partial charge in [0.25, 0.3) is 0 Å². The number of carbonyl (C=O) groups excluding carboxylic acids is 1. The Bertz CT molecular complexity index is 506. The molecule has 82 valence electrons. The average molecular weight is 236 g/mol. The minimum absolute atomic E-state index is 0.0432. The molecule has 0 unspecified atom stereocenters. The molecular formula is C12H10ClNO2. The number of benzene rings is 1. The fourth-order valence-electron chi connectivity index (χ4n) is 1.39. The lowest BCUT2D eigenvalue weighted by Gasteiger charge is -2.02. The summed E-state index contributed by atoms with van der Waals surface area (Å²) in [5.74, 6) is 0.594. The molecule has 0 atom stereocenters. The molecule has 16 heavy (non-hydrogen) atoms. The van der Waals surface area contributed by atoms with Crippen LogP contribution < -0.4 is 5.73 Å². The maximum absolute atomic E-state index is 11.8. The largest absolute Gasteiger partial charge is 0.469 e. The van der Waals surface area contributed by atoms with E-state index in [-0.39, 0.29) is 12.2 Å². The molecule has 3 nitrogen and oxygen atoms in total. The normalized spacial score (nSPS) is 10.3. The van der Waals surface area contributed by atoms with E-state index in [9.17, 15) is 4.79 Å². The molecule has 0 amide bonds. The van der Waals surface area contributed by atoms with E-state index in [1.54, 1.807) is 36.6 Å². The number of ketones is 1. The minimum atomic E-state index is -0.0432. The highest BCUT2D eigenvalue weighted by Gasteiger charge is 2.10. The molecule has 4 heteroatoms. The van der Waals surface area contributed by atoms with Crippen molar-refractivity contribution in [3.05, 3.63) is 52.9 Å². The van der Waals surface area contributed by atoms with E-state index in [1.165, 1.54) is 0 Å². The first-order chi connectivity index (χ1) is 7.66. The van der Waals surface area contributed by atoms with Crippen LogP contribution in [0.3, 0.4) is 0 Å². The van der Waals surface area contributed by atoms with Crippen LogP contribution in [0.2, 0.25) is 5.02 Å². The second-order valence-corrected chi connectivity index (χ2v) is 3.82. The molecule has 1 aromatic carbocycles. The van der Waals surface area contributed by atoms with Crippen molar-refractivity contribution in [1.29, 1.82) is 0 Å². The van der Waals surface area contributed by atoms with Gasteiger partial charge in [0.1, 0.15) is 5.76 Å². The fraction of sp³-hybridized carbons (Fsp3) is 0.0833. The molecule has 0 aliphatic carbocycles. The molecule has 0 aliphatic rings. The summed E-state index contributed by atoms with van der Waals surface area (Å²) in [6.45, 7) is 0. The molecular weight excluding hydrogens is 226 g/mol. The monoisotopic (exact) mass is 235 g/mol. The molecule has 0 radical (unpaired) electrons. The first-order valence-electron chi connectivity index (χ1n) is 4.77. The van der Waals surface area contributed by atoms with Gasteiger partial charge in [-0.15, -0.1) is 0 Å². The fourth-order valence-corrected chi connectivity index (χ4v) is 1.51. The number of nitrogens with two attached hydrogens (primary N) is 1. The first-order valence-corrected chi connectivity index (χ1v) is 5.15. The van der Waals surface area contributed by atoms with Crippen LogP contribution in [0.15, 0.2) is 41.0 Å². The summed E-state index contributed by atoms with van der Waals surface area (Å²) in [4.78, 5) is 11.8. The molecule has 0 spiro atoms. The smallest absolute Gasteiger partial charge is 0.170 e. The SMILES string of the molecule is Nc1cc(C(=O)Cc2ccco2)ccc1Cl. The zero-order valence-corrected chi connectivity index (χ0v) is 9.20. The molecule has 1 aromatic heterocycles. The van der Waals surface area contributed by atoms with Gasteiger partial charge in [0.05, 0.1) is 23.4 Å². The Kier molecular flexibility index (Phi) is 2.97. The van der Waals surface area contributed by atoms with Crippen molar-refractivity contribution in [2.24, 2.45) is 0 Å². The average Bonchev–Trinajstić information content (AvgIpc) is 2.74. The van der Waals surface area contributed by atoms with Gasteiger partial charge in [0.2, 0.25) is 0 Å². The van der Waals surface area contributed by atoms with Crippen LogP contribution >= 0.6 is 11.6 Å². The van der Waals surface area contributed by atoms with Gasteiger partial charge in [0.15, 0.2) is 5.78 Å². The van der Waals surface area contributed by atoms with Crippen LogP contribution in [-0.4, -0.2) is 5.78 Å². The Morgan fingerprint density at radius 2 is 2.19 bits per heavy atom. The van der Waals surface area contributed by atoms with E-state index in [1.807, 2.05) is 0 Å². The second kappa shape index (κ2) is 4.41. The summed E-state index contributed by atoms with van der Waals surface area (Å²) < 4.78 is 5.10. The number of hydrogen-bond acceptors (Lipinski definition) is 3. The number of Topliss-reactive ketones (excluding diaryl/α,β-unsaturated/α-hetero) is 1. The highest BCUT2D eigenvalue weighted by atomic mass is 35.5. The van der Waals surface area contributed by atoms with Gasteiger partial charge in [0, 0.05) is 5.56 Å². The first kappa shape index (κ1) is 10.8. The Labute approximate surface area is 97.8 Å². The topological polar surface area (TPSA) is 56.2 Å². The zero-order valence-electron chi connectivity index (χ0n) is 8.44. The molecule has 0 saturated heterocycles. The highest BCUT2D eigenvalue weighted by molar-refractivity contribution is 6.33. The molecule has 0 fully saturated rings. The van der Waals surface area contributed by atoms with E-state index in [2.05, 4.69) is 0 Å². The molecule has 0 aliphatic heterocycles. The number of hydrogen-bond donors (Lipinski definition) is 1. The lowest BCUT2D eigenvalue weighted by molar-refractivity contribution is 0.0987. The molecule has 2 aromatic rings. The number of anilines is 1. The minimum Gasteiger partial charge on any atom is -0.469 e. The highest BCUT2D eigenvalue weighted by Crippen LogP contribution is 2.20. The van der Waals surface area contributed by atoms with Crippen molar-refractivity contribution < 1.29 is 9.21 Å². The molecule has 2 rings (SSSR count). The van der Waals surface area contributed by atoms with Crippen LogP contribution in [0.4, 0.5) is 5.69 Å². The standard InChI is InChI=1S/C12H10ClNO2/c13-10-4-3-8(6-11(10)14)12(15)7-9-2-1-5-16-9/h1-6H,7,14H2. The number of rotatable bonds is 3. The van der Waals surface area contributed by atoms with Crippen LogP contribution in [0.1, 0.15) is 16.1 Å². The third-order valence-corrected chi connectivity index (χ3v) is 2.58. The second-order valence-electron chi connectivity index (χ2n) is 3.42. The third-order valence-electron chi connectivity index (χ3n) is 2.23. The molecule has 2 N–H and O–H groups in total. The number of carbonyl (C=O) groups is 1. The van der Waals surface area contributed by atoms with Gasteiger partial charge in [-0.1, -0.05) is 11.6 Å². The molecule has 1 heterocycles. The summed E-state index contributed by atoms with van der Waals surface area (Å²) in [5, 5.41) is 0.453. The van der Waals surface area contributed by atoms with Crippen molar-refractivity contribution in [1.82, 2.24) is 0 Å². The summed E-state index contributed by atoms with van der Waals surface area (Å²) >= 11 is 5.77. The zero-order chi connectivity index (χ0) is 11.5. The Morgan fingerprint density at radius 3 is 2.81 bits per heavy atom. The maximum atomic E-state index is 11.8. The summed E-state index contributed by atoms with van der Waals surface area (Å²) in [5.41, 5.74) is 6.57. The lowest BCUT2D eigenvalue weighted by atomic mass is 10.1. The predicted molar refractivity (Wildman–Crippen MR) is 62.6 cm³/mol.